The van der Waals surface area contributed by atoms with Crippen molar-refractivity contribution in [2.24, 2.45) is 11.7 Å². The molecular weight excluding hydrogens is 155 g/mol. The molecule has 0 spiro atoms. The molecule has 1 nitrogen and oxygen atoms in total. The topological polar surface area (TPSA) is 26.0 Å². The van der Waals surface area contributed by atoms with Gasteiger partial charge in [-0.15, -0.1) is 0 Å². The van der Waals surface area contributed by atoms with Crippen molar-refractivity contribution in [3.63, 3.8) is 0 Å². The van der Waals surface area contributed by atoms with E-state index in [1.165, 1.54) is 0 Å². The fourth-order valence-corrected chi connectivity index (χ4v) is 1.20. The molecule has 1 atom stereocenters. The second-order valence-electron chi connectivity index (χ2n) is 2.99. The standard InChI is InChI=1S/C7H10F3N/c1-4-2-5(3-4)6(11)7(8,9)10/h5-6H,1-3,11H2. The van der Waals surface area contributed by atoms with Gasteiger partial charge >= 0.3 is 6.18 Å². The fourth-order valence-electron chi connectivity index (χ4n) is 1.20. The van der Waals surface area contributed by atoms with Gasteiger partial charge in [-0.3, -0.25) is 0 Å². The van der Waals surface area contributed by atoms with Crippen LogP contribution >= 0.6 is 0 Å². The molecule has 4 heteroatoms. The Kier molecular flexibility index (Phi) is 1.96. The van der Waals surface area contributed by atoms with Crippen molar-refractivity contribution in [1.29, 1.82) is 0 Å². The molecule has 0 amide bonds. The lowest BCUT2D eigenvalue weighted by Crippen LogP contribution is -2.46. The maximum atomic E-state index is 11.9. The van der Waals surface area contributed by atoms with E-state index in [1.54, 1.807) is 0 Å². The van der Waals surface area contributed by atoms with Crippen LogP contribution in [0.25, 0.3) is 0 Å². The van der Waals surface area contributed by atoms with Gasteiger partial charge in [0, 0.05) is 0 Å². The average Bonchev–Trinajstić information content (AvgIpc) is 1.77. The molecule has 0 heterocycles. The summed E-state index contributed by atoms with van der Waals surface area (Å²) in [4.78, 5) is 0. The summed E-state index contributed by atoms with van der Waals surface area (Å²) in [6, 6.07) is -1.66. The van der Waals surface area contributed by atoms with Crippen LogP contribution < -0.4 is 5.73 Å². The van der Waals surface area contributed by atoms with Crippen LogP contribution in [-0.2, 0) is 0 Å². The van der Waals surface area contributed by atoms with E-state index < -0.39 is 18.1 Å². The molecule has 1 rings (SSSR count). The van der Waals surface area contributed by atoms with Crippen LogP contribution in [0.4, 0.5) is 13.2 Å². The summed E-state index contributed by atoms with van der Waals surface area (Å²) in [6.07, 6.45) is -3.38. The van der Waals surface area contributed by atoms with Gasteiger partial charge in [-0.1, -0.05) is 12.2 Å². The maximum absolute atomic E-state index is 11.9. The molecule has 1 unspecified atom stereocenters. The van der Waals surface area contributed by atoms with E-state index in [-0.39, 0.29) is 0 Å². The molecule has 0 radical (unpaired) electrons. The van der Waals surface area contributed by atoms with Crippen LogP contribution in [0.3, 0.4) is 0 Å². The molecule has 0 aromatic heterocycles. The van der Waals surface area contributed by atoms with Crippen LogP contribution in [0.5, 0.6) is 0 Å². The molecule has 64 valence electrons. The highest BCUT2D eigenvalue weighted by Crippen LogP contribution is 2.38. The number of halogens is 3. The van der Waals surface area contributed by atoms with E-state index >= 15 is 0 Å². The minimum atomic E-state index is -4.24. The van der Waals surface area contributed by atoms with E-state index in [0.29, 0.717) is 12.8 Å². The smallest absolute Gasteiger partial charge is 0.320 e. The van der Waals surface area contributed by atoms with Crippen molar-refractivity contribution in [2.45, 2.75) is 25.1 Å². The number of alkyl halides is 3. The van der Waals surface area contributed by atoms with Gasteiger partial charge in [0.2, 0.25) is 0 Å². The zero-order valence-electron chi connectivity index (χ0n) is 5.99. The van der Waals surface area contributed by atoms with E-state index in [4.69, 9.17) is 5.73 Å². The first-order chi connectivity index (χ1) is 4.91. The fraction of sp³-hybridized carbons (Fsp3) is 0.714. The van der Waals surface area contributed by atoms with Gasteiger partial charge in [0.1, 0.15) is 6.04 Å². The first kappa shape index (κ1) is 8.59. The zero-order valence-corrected chi connectivity index (χ0v) is 5.99. The van der Waals surface area contributed by atoms with Gasteiger partial charge in [-0.05, 0) is 18.8 Å². The Hall–Kier alpha value is -0.510. The monoisotopic (exact) mass is 165 g/mol. The molecule has 0 aliphatic heterocycles. The number of nitrogens with two attached hydrogens (primary N) is 1. The zero-order chi connectivity index (χ0) is 8.65. The SMILES string of the molecule is C=C1CC(C(N)C(F)(F)F)C1. The number of allylic oxidation sites excluding steroid dienone is 1. The Bertz CT molecular complexity index is 165. The molecule has 0 aromatic rings. The predicted octanol–water partition coefficient (Wildman–Crippen LogP) is 1.84. The Labute approximate surface area is 63.1 Å². The highest BCUT2D eigenvalue weighted by Gasteiger charge is 2.44. The summed E-state index contributed by atoms with van der Waals surface area (Å²) in [5.74, 6) is -0.428. The minimum absolute atomic E-state index is 0.428. The molecule has 11 heavy (non-hydrogen) atoms. The second kappa shape index (κ2) is 2.52. The number of hydrogen-bond donors (Lipinski definition) is 1. The summed E-state index contributed by atoms with van der Waals surface area (Å²) in [5, 5.41) is 0. The highest BCUT2D eigenvalue weighted by molar-refractivity contribution is 5.10. The Morgan fingerprint density at radius 2 is 1.91 bits per heavy atom. The van der Waals surface area contributed by atoms with Crippen LogP contribution in [0, 0.1) is 5.92 Å². The number of hydrogen-bond acceptors (Lipinski definition) is 1. The van der Waals surface area contributed by atoms with E-state index in [2.05, 4.69) is 6.58 Å². The van der Waals surface area contributed by atoms with Crippen molar-refractivity contribution in [3.8, 4) is 0 Å². The first-order valence-electron chi connectivity index (χ1n) is 3.40. The lowest BCUT2D eigenvalue weighted by Gasteiger charge is -2.34. The maximum Gasteiger partial charge on any atom is 0.403 e. The quantitative estimate of drug-likeness (QED) is 0.589. The lowest BCUT2D eigenvalue weighted by atomic mass is 9.76. The van der Waals surface area contributed by atoms with Crippen LogP contribution in [0.2, 0.25) is 0 Å². The lowest BCUT2D eigenvalue weighted by molar-refractivity contribution is -0.161. The molecule has 0 saturated heterocycles. The third-order valence-electron chi connectivity index (χ3n) is 1.99. The Morgan fingerprint density at radius 3 is 2.18 bits per heavy atom. The van der Waals surface area contributed by atoms with E-state index in [0.717, 1.165) is 5.57 Å². The molecule has 0 bridgehead atoms. The molecule has 1 fully saturated rings. The second-order valence-corrected chi connectivity index (χ2v) is 2.99. The summed E-state index contributed by atoms with van der Waals surface area (Å²) < 4.78 is 35.7. The molecule has 1 aliphatic carbocycles. The van der Waals surface area contributed by atoms with Crippen molar-refractivity contribution in [3.05, 3.63) is 12.2 Å². The normalized spacial score (nSPS) is 23.1. The minimum Gasteiger partial charge on any atom is -0.320 e. The Morgan fingerprint density at radius 1 is 1.45 bits per heavy atom. The average molecular weight is 165 g/mol. The number of rotatable bonds is 1. The third-order valence-corrected chi connectivity index (χ3v) is 1.99. The molecule has 2 N–H and O–H groups in total. The van der Waals surface area contributed by atoms with Crippen molar-refractivity contribution in [1.82, 2.24) is 0 Å². The summed E-state index contributed by atoms with van der Waals surface area (Å²) in [7, 11) is 0. The molecular formula is C7H10F3N. The summed E-state index contributed by atoms with van der Waals surface area (Å²) in [6.45, 7) is 3.55. The highest BCUT2D eigenvalue weighted by atomic mass is 19.4. The van der Waals surface area contributed by atoms with Gasteiger partial charge < -0.3 is 5.73 Å². The third kappa shape index (κ3) is 1.74. The van der Waals surface area contributed by atoms with Crippen molar-refractivity contribution < 1.29 is 13.2 Å². The van der Waals surface area contributed by atoms with Gasteiger partial charge in [0.05, 0.1) is 0 Å². The van der Waals surface area contributed by atoms with Gasteiger partial charge in [0.25, 0.3) is 0 Å². The summed E-state index contributed by atoms with van der Waals surface area (Å²) >= 11 is 0. The molecule has 0 aromatic carbocycles. The molecule has 1 aliphatic rings. The van der Waals surface area contributed by atoms with Crippen LogP contribution in [0.15, 0.2) is 12.2 Å². The van der Waals surface area contributed by atoms with E-state index in [9.17, 15) is 13.2 Å². The van der Waals surface area contributed by atoms with E-state index in [1.807, 2.05) is 0 Å². The van der Waals surface area contributed by atoms with Gasteiger partial charge in [-0.25, -0.2) is 0 Å². The van der Waals surface area contributed by atoms with Crippen molar-refractivity contribution in [2.75, 3.05) is 0 Å². The first-order valence-corrected chi connectivity index (χ1v) is 3.40. The van der Waals surface area contributed by atoms with Gasteiger partial charge in [-0.2, -0.15) is 13.2 Å². The van der Waals surface area contributed by atoms with Crippen molar-refractivity contribution >= 4 is 0 Å². The van der Waals surface area contributed by atoms with Gasteiger partial charge in [0.15, 0.2) is 0 Å². The Balaban J connectivity index is 2.43. The van der Waals surface area contributed by atoms with Crippen LogP contribution in [-0.4, -0.2) is 12.2 Å². The largest absolute Gasteiger partial charge is 0.403 e. The van der Waals surface area contributed by atoms with Crippen LogP contribution in [0.1, 0.15) is 12.8 Å². The molecule has 1 saturated carbocycles. The predicted molar refractivity (Wildman–Crippen MR) is 35.9 cm³/mol. The summed E-state index contributed by atoms with van der Waals surface area (Å²) in [5.41, 5.74) is 5.82.